The highest BCUT2D eigenvalue weighted by Gasteiger charge is 2.16. The van der Waals surface area contributed by atoms with Crippen LogP contribution < -0.4 is 4.74 Å². The van der Waals surface area contributed by atoms with E-state index in [0.29, 0.717) is 17.1 Å². The quantitative estimate of drug-likeness (QED) is 0.475. The van der Waals surface area contributed by atoms with Crippen LogP contribution in [-0.4, -0.2) is 27.8 Å². The minimum atomic E-state index is -0.500. The third-order valence-corrected chi connectivity index (χ3v) is 2.98. The number of ketones is 1. The van der Waals surface area contributed by atoms with Gasteiger partial charge in [-0.3, -0.25) is 14.9 Å². The molecular weight excluding hydrogens is 274 g/mol. The third kappa shape index (κ3) is 3.38. The zero-order chi connectivity index (χ0) is 15.4. The van der Waals surface area contributed by atoms with Crippen LogP contribution in [0.1, 0.15) is 21.6 Å². The Labute approximate surface area is 120 Å². The molecule has 7 nitrogen and oxygen atoms in total. The second kappa shape index (κ2) is 6.08. The van der Waals surface area contributed by atoms with Gasteiger partial charge in [0.05, 0.1) is 24.1 Å². The first-order valence-electron chi connectivity index (χ1n) is 6.14. The summed E-state index contributed by atoms with van der Waals surface area (Å²) in [5, 5.41) is 10.9. The fraction of sp³-hybridized carbons (Fsp3) is 0.214. The molecule has 0 aliphatic heterocycles. The summed E-state index contributed by atoms with van der Waals surface area (Å²) in [5.74, 6) is 0.113. The Balaban J connectivity index is 2.24. The van der Waals surface area contributed by atoms with Crippen LogP contribution in [0.2, 0.25) is 0 Å². The summed E-state index contributed by atoms with van der Waals surface area (Å²) in [6.07, 6.45) is 1.33. The molecule has 1 aromatic carbocycles. The molecule has 0 bridgehead atoms. The zero-order valence-electron chi connectivity index (χ0n) is 11.6. The van der Waals surface area contributed by atoms with Crippen molar-refractivity contribution in [2.45, 2.75) is 13.3 Å². The van der Waals surface area contributed by atoms with E-state index >= 15 is 0 Å². The number of ether oxygens (including phenoxy) is 1. The van der Waals surface area contributed by atoms with Crippen molar-refractivity contribution in [3.8, 4) is 5.88 Å². The minimum absolute atomic E-state index is 0.0269. The van der Waals surface area contributed by atoms with Crippen LogP contribution in [-0.2, 0) is 6.42 Å². The molecule has 1 aromatic heterocycles. The summed E-state index contributed by atoms with van der Waals surface area (Å²) in [7, 11) is 1.47. The number of nitro benzene ring substituents is 1. The molecule has 2 rings (SSSR count). The van der Waals surface area contributed by atoms with Gasteiger partial charge in [0.1, 0.15) is 6.33 Å². The molecule has 0 aliphatic carbocycles. The summed E-state index contributed by atoms with van der Waals surface area (Å²) in [6.45, 7) is 1.63. The Hall–Kier alpha value is -2.83. The molecule has 0 atom stereocenters. The number of rotatable bonds is 5. The van der Waals surface area contributed by atoms with Crippen LogP contribution >= 0.6 is 0 Å². The summed E-state index contributed by atoms with van der Waals surface area (Å²) >= 11 is 0. The average Bonchev–Trinajstić information content (AvgIpc) is 2.47. The van der Waals surface area contributed by atoms with Gasteiger partial charge in [-0.1, -0.05) is 12.1 Å². The molecule has 0 fully saturated rings. The molecule has 0 spiro atoms. The fourth-order valence-electron chi connectivity index (χ4n) is 1.83. The molecule has 0 saturated heterocycles. The van der Waals surface area contributed by atoms with Crippen molar-refractivity contribution in [3.05, 3.63) is 57.5 Å². The van der Waals surface area contributed by atoms with E-state index in [0.717, 1.165) is 0 Å². The summed E-state index contributed by atoms with van der Waals surface area (Å²) in [5.41, 5.74) is 1.22. The predicted octanol–water partition coefficient (Wildman–Crippen LogP) is 2.13. The molecule has 108 valence electrons. The first-order chi connectivity index (χ1) is 10.0. The molecule has 0 saturated carbocycles. The second-order valence-electron chi connectivity index (χ2n) is 4.41. The number of nitro groups is 1. The maximum absolute atomic E-state index is 12.2. The van der Waals surface area contributed by atoms with Crippen molar-refractivity contribution in [1.82, 2.24) is 9.97 Å². The first-order valence-corrected chi connectivity index (χ1v) is 6.14. The number of methoxy groups -OCH3 is 1. The van der Waals surface area contributed by atoms with E-state index in [4.69, 9.17) is 4.74 Å². The summed E-state index contributed by atoms with van der Waals surface area (Å²) in [6, 6.07) is 5.98. The predicted molar refractivity (Wildman–Crippen MR) is 74.5 cm³/mol. The van der Waals surface area contributed by atoms with E-state index in [-0.39, 0.29) is 23.5 Å². The van der Waals surface area contributed by atoms with Gasteiger partial charge < -0.3 is 4.74 Å². The number of nitrogens with zero attached hydrogens (tertiary/aromatic N) is 3. The van der Waals surface area contributed by atoms with Crippen LogP contribution in [0, 0.1) is 17.0 Å². The molecule has 0 N–H and O–H groups in total. The smallest absolute Gasteiger partial charge is 0.273 e. The van der Waals surface area contributed by atoms with E-state index in [1.165, 1.54) is 19.5 Å². The van der Waals surface area contributed by atoms with Crippen LogP contribution in [0.25, 0.3) is 0 Å². The summed E-state index contributed by atoms with van der Waals surface area (Å²) in [4.78, 5) is 30.4. The number of benzene rings is 1. The largest absolute Gasteiger partial charge is 0.481 e. The van der Waals surface area contributed by atoms with Gasteiger partial charge in [-0.05, 0) is 6.92 Å². The minimum Gasteiger partial charge on any atom is -0.481 e. The number of hydrogen-bond donors (Lipinski definition) is 0. The molecule has 2 aromatic rings. The lowest BCUT2D eigenvalue weighted by Crippen LogP contribution is -2.07. The fourth-order valence-corrected chi connectivity index (χ4v) is 1.83. The van der Waals surface area contributed by atoms with Gasteiger partial charge in [-0.15, -0.1) is 0 Å². The number of Topliss-reactive ketones (excluding diaryl/α,β-unsaturated/α-hetero) is 1. The molecule has 0 radical (unpaired) electrons. The Morgan fingerprint density at radius 1 is 1.33 bits per heavy atom. The van der Waals surface area contributed by atoms with Crippen LogP contribution in [0.5, 0.6) is 5.88 Å². The highest BCUT2D eigenvalue weighted by atomic mass is 16.6. The number of carbonyl (C=O) groups is 1. The first kappa shape index (κ1) is 14.6. The zero-order valence-corrected chi connectivity index (χ0v) is 11.6. The van der Waals surface area contributed by atoms with Crippen molar-refractivity contribution in [3.63, 3.8) is 0 Å². The Morgan fingerprint density at radius 2 is 2.10 bits per heavy atom. The van der Waals surface area contributed by atoms with Gasteiger partial charge in [0.2, 0.25) is 5.88 Å². The van der Waals surface area contributed by atoms with Crippen molar-refractivity contribution >= 4 is 11.5 Å². The molecule has 1 heterocycles. The number of aryl methyl sites for hydroxylation is 1. The normalized spacial score (nSPS) is 10.2. The van der Waals surface area contributed by atoms with Crippen LogP contribution in [0.4, 0.5) is 5.69 Å². The third-order valence-electron chi connectivity index (χ3n) is 2.98. The average molecular weight is 287 g/mol. The number of carbonyl (C=O) groups excluding carboxylic acids is 1. The molecule has 0 amide bonds. The van der Waals surface area contributed by atoms with Crippen molar-refractivity contribution in [2.24, 2.45) is 0 Å². The van der Waals surface area contributed by atoms with Gasteiger partial charge in [0.15, 0.2) is 5.78 Å². The highest BCUT2D eigenvalue weighted by Crippen LogP contribution is 2.20. The van der Waals surface area contributed by atoms with E-state index in [9.17, 15) is 14.9 Å². The van der Waals surface area contributed by atoms with Gasteiger partial charge in [0.25, 0.3) is 5.69 Å². The van der Waals surface area contributed by atoms with Crippen molar-refractivity contribution in [2.75, 3.05) is 7.11 Å². The Bertz CT molecular complexity index is 700. The molecule has 0 unspecified atom stereocenters. The maximum atomic E-state index is 12.2. The van der Waals surface area contributed by atoms with Crippen molar-refractivity contribution in [1.29, 1.82) is 0 Å². The molecular formula is C14H13N3O4. The lowest BCUT2D eigenvalue weighted by Gasteiger charge is -2.04. The van der Waals surface area contributed by atoms with E-state index < -0.39 is 4.92 Å². The van der Waals surface area contributed by atoms with Gasteiger partial charge in [-0.25, -0.2) is 9.97 Å². The number of aromatic nitrogens is 2. The molecule has 0 aliphatic rings. The highest BCUT2D eigenvalue weighted by molar-refractivity contribution is 5.98. The van der Waals surface area contributed by atoms with E-state index in [1.807, 2.05) is 0 Å². The Morgan fingerprint density at radius 3 is 2.76 bits per heavy atom. The van der Waals surface area contributed by atoms with E-state index in [2.05, 4.69) is 9.97 Å². The van der Waals surface area contributed by atoms with Gasteiger partial charge in [-0.2, -0.15) is 0 Å². The molecule has 21 heavy (non-hydrogen) atoms. The van der Waals surface area contributed by atoms with E-state index in [1.54, 1.807) is 25.1 Å². The van der Waals surface area contributed by atoms with Gasteiger partial charge in [0, 0.05) is 23.3 Å². The lowest BCUT2D eigenvalue weighted by atomic mass is 10.0. The van der Waals surface area contributed by atoms with Crippen LogP contribution in [0.3, 0.4) is 0 Å². The summed E-state index contributed by atoms with van der Waals surface area (Å²) < 4.78 is 4.96. The standard InChI is InChI=1S/C14H13N3O4/c1-9-3-4-10(5-12(9)17(19)20)13(18)6-11-7-14(21-2)16-8-15-11/h3-5,7-8H,6H2,1-2H3. The lowest BCUT2D eigenvalue weighted by molar-refractivity contribution is -0.385. The maximum Gasteiger partial charge on any atom is 0.273 e. The Kier molecular flexibility index (Phi) is 4.22. The number of hydrogen-bond acceptors (Lipinski definition) is 6. The van der Waals surface area contributed by atoms with Crippen LogP contribution in [0.15, 0.2) is 30.6 Å². The monoisotopic (exact) mass is 287 g/mol. The molecule has 7 heteroatoms. The van der Waals surface area contributed by atoms with Gasteiger partial charge >= 0.3 is 0 Å². The second-order valence-corrected chi connectivity index (χ2v) is 4.41. The topological polar surface area (TPSA) is 95.2 Å². The SMILES string of the molecule is COc1cc(CC(=O)c2ccc(C)c([N+](=O)[O-])c2)ncn1. The van der Waals surface area contributed by atoms with Crippen molar-refractivity contribution < 1.29 is 14.5 Å².